The summed E-state index contributed by atoms with van der Waals surface area (Å²) in [5.74, 6) is -1.27. The van der Waals surface area contributed by atoms with E-state index in [1.165, 1.54) is 13.8 Å². The van der Waals surface area contributed by atoms with Crippen LogP contribution in [0.3, 0.4) is 0 Å². The van der Waals surface area contributed by atoms with Gasteiger partial charge in [0.05, 0.1) is 12.5 Å². The van der Waals surface area contributed by atoms with E-state index in [0.717, 1.165) is 0 Å². The summed E-state index contributed by atoms with van der Waals surface area (Å²) >= 11 is 0. The number of carbonyl (C=O) groups is 1. The molecule has 0 heterocycles. The Hall–Kier alpha value is -1.17. The van der Waals surface area contributed by atoms with E-state index >= 15 is 0 Å². The molecule has 12 heavy (non-hydrogen) atoms. The molecule has 0 fully saturated rings. The first-order chi connectivity index (χ1) is 5.36. The van der Waals surface area contributed by atoms with Gasteiger partial charge in [-0.3, -0.25) is 10.1 Å². The van der Waals surface area contributed by atoms with Gasteiger partial charge in [-0.15, -0.1) is 0 Å². The Balaban J connectivity index is 3.76. The minimum absolute atomic E-state index is 0.00792. The van der Waals surface area contributed by atoms with E-state index in [1.54, 1.807) is 0 Å². The summed E-state index contributed by atoms with van der Waals surface area (Å²) in [4.78, 5) is 19.7. The zero-order chi connectivity index (χ0) is 9.78. The maximum atomic E-state index is 10.3. The fraction of sp³-hybridized carbons (Fsp3) is 0.833. The standard InChI is InChI=1S/C6H12N2O4/c1-6(2,8(11)12)4-7-3-5(9)10/h7H,3-4H2,1-2H3,(H,9,10)/p-1. The molecule has 0 aliphatic rings. The maximum absolute atomic E-state index is 10.3. The topological polar surface area (TPSA) is 95.3 Å². The molecule has 0 spiro atoms. The molecule has 0 aromatic carbocycles. The van der Waals surface area contributed by atoms with Gasteiger partial charge in [0.25, 0.3) is 0 Å². The molecule has 0 unspecified atom stereocenters. The van der Waals surface area contributed by atoms with Crippen molar-refractivity contribution in [3.05, 3.63) is 10.1 Å². The molecule has 6 nitrogen and oxygen atoms in total. The van der Waals surface area contributed by atoms with Crippen molar-refractivity contribution in [2.75, 3.05) is 13.1 Å². The van der Waals surface area contributed by atoms with Crippen molar-refractivity contribution in [2.24, 2.45) is 0 Å². The van der Waals surface area contributed by atoms with Gasteiger partial charge in [-0.05, 0) is 0 Å². The molecule has 0 radical (unpaired) electrons. The summed E-state index contributed by atoms with van der Waals surface area (Å²) in [5.41, 5.74) is -1.14. The van der Waals surface area contributed by atoms with Crippen LogP contribution in [0.2, 0.25) is 0 Å². The predicted octanol–water partition coefficient (Wildman–Crippen LogP) is -1.62. The number of hydrogen-bond acceptors (Lipinski definition) is 5. The highest BCUT2D eigenvalue weighted by molar-refractivity contribution is 5.66. The van der Waals surface area contributed by atoms with E-state index in [-0.39, 0.29) is 13.1 Å². The van der Waals surface area contributed by atoms with Crippen molar-refractivity contribution >= 4 is 5.97 Å². The van der Waals surface area contributed by atoms with Gasteiger partial charge in [0.2, 0.25) is 5.54 Å². The number of aliphatic carboxylic acids is 1. The Morgan fingerprint density at radius 1 is 1.58 bits per heavy atom. The van der Waals surface area contributed by atoms with E-state index in [0.29, 0.717) is 0 Å². The molecule has 0 saturated carbocycles. The molecular formula is C6H11N2O4-. The van der Waals surface area contributed by atoms with E-state index in [9.17, 15) is 20.0 Å². The van der Waals surface area contributed by atoms with E-state index in [4.69, 9.17) is 0 Å². The predicted molar refractivity (Wildman–Crippen MR) is 39.0 cm³/mol. The smallest absolute Gasteiger partial charge is 0.229 e. The van der Waals surface area contributed by atoms with Crippen molar-refractivity contribution < 1.29 is 14.8 Å². The van der Waals surface area contributed by atoms with Crippen LogP contribution in [-0.4, -0.2) is 29.5 Å². The summed E-state index contributed by atoms with van der Waals surface area (Å²) in [6.07, 6.45) is 0. The minimum Gasteiger partial charge on any atom is -0.549 e. The Morgan fingerprint density at radius 3 is 2.42 bits per heavy atom. The molecule has 0 atom stereocenters. The quantitative estimate of drug-likeness (QED) is 0.400. The number of nitrogens with zero attached hydrogens (tertiary/aromatic N) is 1. The first-order valence-electron chi connectivity index (χ1n) is 3.41. The highest BCUT2D eigenvalue weighted by Gasteiger charge is 2.29. The zero-order valence-corrected chi connectivity index (χ0v) is 6.99. The Labute approximate surface area is 69.7 Å². The van der Waals surface area contributed by atoms with Crippen LogP contribution >= 0.6 is 0 Å². The van der Waals surface area contributed by atoms with Crippen molar-refractivity contribution in [2.45, 2.75) is 19.4 Å². The van der Waals surface area contributed by atoms with Crippen LogP contribution in [0.1, 0.15) is 13.8 Å². The molecule has 0 aliphatic carbocycles. The van der Waals surface area contributed by atoms with E-state index < -0.39 is 16.4 Å². The number of hydrogen-bond donors (Lipinski definition) is 1. The summed E-state index contributed by atoms with van der Waals surface area (Å²) in [5, 5.41) is 22.6. The number of nitro groups is 1. The number of carboxylic acids is 1. The summed E-state index contributed by atoms with van der Waals surface area (Å²) in [6, 6.07) is 0. The van der Waals surface area contributed by atoms with Crippen molar-refractivity contribution in [3.8, 4) is 0 Å². The lowest BCUT2D eigenvalue weighted by molar-refractivity contribution is -0.558. The third-order valence-electron chi connectivity index (χ3n) is 1.32. The molecule has 0 aliphatic heterocycles. The molecule has 1 N–H and O–H groups in total. The van der Waals surface area contributed by atoms with Crippen LogP contribution < -0.4 is 10.4 Å². The SMILES string of the molecule is CC(C)(CNCC(=O)[O-])[N+](=O)[O-]. The second-order valence-electron chi connectivity index (χ2n) is 3.05. The van der Waals surface area contributed by atoms with Gasteiger partial charge in [0.15, 0.2) is 0 Å². The van der Waals surface area contributed by atoms with Gasteiger partial charge < -0.3 is 15.2 Å². The summed E-state index contributed by atoms with van der Waals surface area (Å²) in [6.45, 7) is 2.47. The molecule has 0 rings (SSSR count). The Morgan fingerprint density at radius 2 is 2.08 bits per heavy atom. The van der Waals surface area contributed by atoms with Crippen molar-refractivity contribution in [3.63, 3.8) is 0 Å². The Kier molecular flexibility index (Phi) is 3.62. The summed E-state index contributed by atoms with van der Waals surface area (Å²) in [7, 11) is 0. The molecule has 0 aromatic heterocycles. The fourth-order valence-corrected chi connectivity index (χ4v) is 0.535. The van der Waals surface area contributed by atoms with Gasteiger partial charge in [0.1, 0.15) is 0 Å². The van der Waals surface area contributed by atoms with Gasteiger partial charge in [0, 0.05) is 25.3 Å². The normalized spacial score (nSPS) is 11.2. The van der Waals surface area contributed by atoms with Gasteiger partial charge >= 0.3 is 0 Å². The second kappa shape index (κ2) is 4.01. The van der Waals surface area contributed by atoms with Crippen LogP contribution in [-0.2, 0) is 4.79 Å². The largest absolute Gasteiger partial charge is 0.549 e. The molecule has 6 heteroatoms. The second-order valence-corrected chi connectivity index (χ2v) is 3.05. The van der Waals surface area contributed by atoms with Crippen LogP contribution in [0.25, 0.3) is 0 Å². The van der Waals surface area contributed by atoms with E-state index in [2.05, 4.69) is 5.32 Å². The minimum atomic E-state index is -1.27. The van der Waals surface area contributed by atoms with Gasteiger partial charge in [-0.25, -0.2) is 0 Å². The van der Waals surface area contributed by atoms with Gasteiger partial charge in [-0.2, -0.15) is 0 Å². The summed E-state index contributed by atoms with van der Waals surface area (Å²) < 4.78 is 0. The lowest BCUT2D eigenvalue weighted by Crippen LogP contribution is -2.45. The van der Waals surface area contributed by atoms with Crippen molar-refractivity contribution in [1.82, 2.24) is 5.32 Å². The Bertz CT molecular complexity index is 190. The average molecular weight is 175 g/mol. The average Bonchev–Trinajstić information content (AvgIpc) is 1.85. The van der Waals surface area contributed by atoms with E-state index in [1.807, 2.05) is 0 Å². The monoisotopic (exact) mass is 175 g/mol. The zero-order valence-electron chi connectivity index (χ0n) is 6.99. The highest BCUT2D eigenvalue weighted by Crippen LogP contribution is 2.04. The lowest BCUT2D eigenvalue weighted by atomic mass is 10.1. The first-order valence-corrected chi connectivity index (χ1v) is 3.41. The highest BCUT2D eigenvalue weighted by atomic mass is 16.6. The first kappa shape index (κ1) is 10.8. The molecule has 70 valence electrons. The van der Waals surface area contributed by atoms with Crippen LogP contribution in [0, 0.1) is 10.1 Å². The van der Waals surface area contributed by atoms with Crippen LogP contribution in [0.4, 0.5) is 0 Å². The molecule has 0 aromatic rings. The lowest BCUT2D eigenvalue weighted by Gasteiger charge is -2.16. The number of rotatable bonds is 5. The fourth-order valence-electron chi connectivity index (χ4n) is 0.535. The van der Waals surface area contributed by atoms with Gasteiger partial charge in [-0.1, -0.05) is 0 Å². The van der Waals surface area contributed by atoms with Crippen LogP contribution in [0.5, 0.6) is 0 Å². The number of nitrogens with one attached hydrogen (secondary N) is 1. The molecular weight excluding hydrogens is 164 g/mol. The third kappa shape index (κ3) is 3.87. The third-order valence-corrected chi connectivity index (χ3v) is 1.32. The number of carboxylic acid groups (broad SMARTS) is 1. The molecule has 0 saturated heterocycles. The van der Waals surface area contributed by atoms with Crippen molar-refractivity contribution in [1.29, 1.82) is 0 Å². The molecule has 0 bridgehead atoms. The maximum Gasteiger partial charge on any atom is 0.229 e. The van der Waals surface area contributed by atoms with Crippen LogP contribution in [0.15, 0.2) is 0 Å². The molecule has 0 amide bonds. The number of carbonyl (C=O) groups excluding carboxylic acids is 1.